The molecule has 0 bridgehead atoms. The molecular weight excluding hydrogens is 256 g/mol. The van der Waals surface area contributed by atoms with Crippen LogP contribution in [-0.2, 0) is 14.3 Å². The highest BCUT2D eigenvalue weighted by Crippen LogP contribution is 2.19. The van der Waals surface area contributed by atoms with Crippen molar-refractivity contribution < 1.29 is 19.1 Å². The van der Waals surface area contributed by atoms with Crippen LogP contribution in [0.3, 0.4) is 0 Å². The molecular formula is C16H20O4. The molecule has 1 aromatic rings. The second kappa shape index (κ2) is 7.48. The largest absolute Gasteiger partial charge is 0.465 e. The molecule has 1 rings (SSSR count). The van der Waals surface area contributed by atoms with Crippen LogP contribution in [0.4, 0.5) is 0 Å². The predicted octanol–water partition coefficient (Wildman–Crippen LogP) is 3.08. The Hall–Kier alpha value is -2.10. The highest BCUT2D eigenvalue weighted by molar-refractivity contribution is 6.16. The van der Waals surface area contributed by atoms with Crippen molar-refractivity contribution in [3.8, 4) is 0 Å². The van der Waals surface area contributed by atoms with E-state index in [0.29, 0.717) is 17.7 Å². The normalized spacial score (nSPS) is 11.3. The van der Waals surface area contributed by atoms with Gasteiger partial charge >= 0.3 is 11.9 Å². The number of ether oxygens (including phenoxy) is 2. The van der Waals surface area contributed by atoms with Gasteiger partial charge in [0.05, 0.1) is 24.9 Å². The van der Waals surface area contributed by atoms with Crippen LogP contribution in [0.5, 0.6) is 0 Å². The quantitative estimate of drug-likeness (QED) is 0.612. The minimum atomic E-state index is -0.386. The first-order valence-corrected chi connectivity index (χ1v) is 6.57. The number of benzene rings is 1. The molecule has 0 saturated carbocycles. The molecule has 0 aromatic heterocycles. The average Bonchev–Trinajstić information content (AvgIpc) is 2.44. The van der Waals surface area contributed by atoms with Gasteiger partial charge in [-0.2, -0.15) is 0 Å². The number of hydrogen-bond donors (Lipinski definition) is 0. The van der Waals surface area contributed by atoms with Crippen molar-refractivity contribution in [2.75, 3.05) is 13.7 Å². The maximum atomic E-state index is 11.8. The summed E-state index contributed by atoms with van der Waals surface area (Å²) in [5.74, 6) is -0.539. The molecule has 4 nitrogen and oxygen atoms in total. The number of allylic oxidation sites excluding steroid dienone is 1. The summed E-state index contributed by atoms with van der Waals surface area (Å²) in [4.78, 5) is 23.4. The molecule has 0 heterocycles. The molecule has 0 atom stereocenters. The molecule has 0 N–H and O–H groups in total. The minimum Gasteiger partial charge on any atom is -0.465 e. The second-order valence-electron chi connectivity index (χ2n) is 4.61. The van der Waals surface area contributed by atoms with E-state index in [9.17, 15) is 9.59 Å². The van der Waals surface area contributed by atoms with Crippen LogP contribution in [-0.4, -0.2) is 25.7 Å². The van der Waals surface area contributed by atoms with Crippen LogP contribution in [0, 0.1) is 5.92 Å². The Balaban J connectivity index is 3.05. The van der Waals surface area contributed by atoms with Gasteiger partial charge in [0.15, 0.2) is 0 Å². The van der Waals surface area contributed by atoms with Gasteiger partial charge in [0.2, 0.25) is 0 Å². The van der Waals surface area contributed by atoms with Crippen LogP contribution in [0.2, 0.25) is 0 Å². The van der Waals surface area contributed by atoms with Crippen molar-refractivity contribution in [2.45, 2.75) is 20.8 Å². The van der Waals surface area contributed by atoms with E-state index in [4.69, 9.17) is 9.47 Å². The van der Waals surface area contributed by atoms with E-state index in [-0.39, 0.29) is 17.9 Å². The Bertz CT molecular complexity index is 498. The zero-order valence-electron chi connectivity index (χ0n) is 12.3. The molecule has 108 valence electrons. The van der Waals surface area contributed by atoms with Gasteiger partial charge in [0, 0.05) is 0 Å². The first-order valence-electron chi connectivity index (χ1n) is 6.57. The zero-order chi connectivity index (χ0) is 15.1. The lowest BCUT2D eigenvalue weighted by Gasteiger charge is -2.08. The Labute approximate surface area is 119 Å². The van der Waals surface area contributed by atoms with Gasteiger partial charge in [-0.15, -0.1) is 0 Å². The second-order valence-corrected chi connectivity index (χ2v) is 4.61. The average molecular weight is 276 g/mol. The SMILES string of the molecule is CCOC(=O)c1ccc(/C(=C/C(C)C)C(=O)OC)cc1. The summed E-state index contributed by atoms with van der Waals surface area (Å²) < 4.78 is 9.70. The van der Waals surface area contributed by atoms with Crippen LogP contribution in [0.1, 0.15) is 36.7 Å². The summed E-state index contributed by atoms with van der Waals surface area (Å²) in [7, 11) is 1.35. The monoisotopic (exact) mass is 276 g/mol. The Morgan fingerprint density at radius 1 is 1.15 bits per heavy atom. The molecule has 20 heavy (non-hydrogen) atoms. The first kappa shape index (κ1) is 16.0. The molecule has 0 aliphatic rings. The Morgan fingerprint density at radius 2 is 1.70 bits per heavy atom. The minimum absolute atomic E-state index is 0.217. The van der Waals surface area contributed by atoms with Crippen LogP contribution in [0.15, 0.2) is 30.3 Å². The number of hydrogen-bond acceptors (Lipinski definition) is 4. The zero-order valence-corrected chi connectivity index (χ0v) is 12.3. The van der Waals surface area contributed by atoms with Gasteiger partial charge in [0.1, 0.15) is 0 Å². The third kappa shape index (κ3) is 4.23. The van der Waals surface area contributed by atoms with Crippen LogP contribution >= 0.6 is 0 Å². The molecule has 0 spiro atoms. The van der Waals surface area contributed by atoms with Crippen molar-refractivity contribution in [3.05, 3.63) is 41.5 Å². The van der Waals surface area contributed by atoms with E-state index in [2.05, 4.69) is 0 Å². The van der Waals surface area contributed by atoms with E-state index >= 15 is 0 Å². The van der Waals surface area contributed by atoms with Crippen molar-refractivity contribution in [1.29, 1.82) is 0 Å². The Kier molecular flexibility index (Phi) is 5.97. The fourth-order valence-electron chi connectivity index (χ4n) is 1.73. The van der Waals surface area contributed by atoms with Crippen LogP contribution in [0.25, 0.3) is 5.57 Å². The van der Waals surface area contributed by atoms with E-state index < -0.39 is 0 Å². The van der Waals surface area contributed by atoms with Crippen molar-refractivity contribution >= 4 is 17.5 Å². The van der Waals surface area contributed by atoms with E-state index in [1.807, 2.05) is 19.9 Å². The molecule has 1 aromatic carbocycles. The van der Waals surface area contributed by atoms with Gasteiger partial charge in [-0.25, -0.2) is 9.59 Å². The smallest absolute Gasteiger partial charge is 0.338 e. The molecule has 0 aliphatic carbocycles. The molecule has 0 aliphatic heterocycles. The van der Waals surface area contributed by atoms with Crippen molar-refractivity contribution in [2.24, 2.45) is 5.92 Å². The topological polar surface area (TPSA) is 52.6 Å². The third-order valence-electron chi connectivity index (χ3n) is 2.61. The number of rotatable bonds is 5. The maximum absolute atomic E-state index is 11.8. The molecule has 0 radical (unpaired) electrons. The summed E-state index contributed by atoms with van der Waals surface area (Å²) in [5, 5.41) is 0. The van der Waals surface area contributed by atoms with E-state index in [1.165, 1.54) is 7.11 Å². The van der Waals surface area contributed by atoms with Gasteiger partial charge in [-0.1, -0.05) is 32.1 Å². The molecule has 0 amide bonds. The molecule has 0 saturated heterocycles. The highest BCUT2D eigenvalue weighted by atomic mass is 16.5. The number of carbonyl (C=O) groups is 2. The van der Waals surface area contributed by atoms with Crippen molar-refractivity contribution in [3.63, 3.8) is 0 Å². The Morgan fingerprint density at radius 3 is 2.15 bits per heavy atom. The van der Waals surface area contributed by atoms with E-state index in [1.54, 1.807) is 31.2 Å². The number of carbonyl (C=O) groups excluding carboxylic acids is 2. The molecule has 4 heteroatoms. The summed E-state index contributed by atoms with van der Waals surface area (Å²) >= 11 is 0. The number of esters is 2. The summed E-state index contributed by atoms with van der Waals surface area (Å²) in [6.45, 7) is 6.06. The summed E-state index contributed by atoms with van der Waals surface area (Å²) in [6.07, 6.45) is 1.84. The third-order valence-corrected chi connectivity index (χ3v) is 2.61. The summed E-state index contributed by atoms with van der Waals surface area (Å²) in [6, 6.07) is 6.73. The lowest BCUT2D eigenvalue weighted by atomic mass is 10.0. The van der Waals surface area contributed by atoms with Gasteiger partial charge in [-0.05, 0) is 30.5 Å². The summed E-state index contributed by atoms with van der Waals surface area (Å²) in [5.41, 5.74) is 1.68. The maximum Gasteiger partial charge on any atom is 0.338 e. The van der Waals surface area contributed by atoms with E-state index in [0.717, 1.165) is 5.56 Å². The predicted molar refractivity (Wildman–Crippen MR) is 77.2 cm³/mol. The first-order chi connectivity index (χ1) is 9.49. The highest BCUT2D eigenvalue weighted by Gasteiger charge is 2.14. The van der Waals surface area contributed by atoms with Crippen LogP contribution < -0.4 is 0 Å². The molecule has 0 fully saturated rings. The van der Waals surface area contributed by atoms with Gasteiger partial charge in [-0.3, -0.25) is 0 Å². The standard InChI is InChI=1S/C16H20O4/c1-5-20-15(17)13-8-6-12(7-9-13)14(10-11(2)3)16(18)19-4/h6-11H,5H2,1-4H3/b14-10-. The van der Waals surface area contributed by atoms with Crippen molar-refractivity contribution in [1.82, 2.24) is 0 Å². The fourth-order valence-corrected chi connectivity index (χ4v) is 1.73. The van der Waals surface area contributed by atoms with Gasteiger partial charge < -0.3 is 9.47 Å². The molecule has 0 unspecified atom stereocenters. The number of methoxy groups -OCH3 is 1. The lowest BCUT2D eigenvalue weighted by Crippen LogP contribution is -2.07. The van der Waals surface area contributed by atoms with Gasteiger partial charge in [0.25, 0.3) is 0 Å². The fraction of sp³-hybridized carbons (Fsp3) is 0.375. The lowest BCUT2D eigenvalue weighted by molar-refractivity contribution is -0.133.